The van der Waals surface area contributed by atoms with Crippen molar-refractivity contribution < 1.29 is 22.7 Å². The van der Waals surface area contributed by atoms with Gasteiger partial charge in [0.1, 0.15) is 0 Å². The Morgan fingerprint density at radius 1 is 1.15 bits per heavy atom. The van der Waals surface area contributed by atoms with Crippen molar-refractivity contribution in [2.75, 3.05) is 31.3 Å². The topological polar surface area (TPSA) is 72.9 Å². The van der Waals surface area contributed by atoms with E-state index in [1.54, 1.807) is 23.1 Å². The monoisotopic (exact) mass is 383 g/mol. The molecule has 0 aromatic heterocycles. The number of hydrogen-bond donors (Lipinski definition) is 0. The lowest BCUT2D eigenvalue weighted by Gasteiger charge is -2.28. The van der Waals surface area contributed by atoms with Crippen LogP contribution in [0.4, 0.5) is 0 Å². The standard InChI is InChI=1S/C19H29NO5S/c1-4-10-20(16-9-12-26(22,23)14-16)19(21)15-7-8-17(25-11-5-2)18(13-15)24-6-3/h7-8,13,16H,4-6,9-12,14H2,1-3H3. The lowest BCUT2D eigenvalue weighted by molar-refractivity contribution is 0.0696. The normalized spacial score (nSPS) is 18.5. The van der Waals surface area contributed by atoms with Gasteiger partial charge in [-0.15, -0.1) is 0 Å². The van der Waals surface area contributed by atoms with Crippen LogP contribution in [-0.2, 0) is 9.84 Å². The van der Waals surface area contributed by atoms with Crippen LogP contribution in [0.15, 0.2) is 18.2 Å². The molecule has 1 heterocycles. The number of carbonyl (C=O) groups excluding carboxylic acids is 1. The van der Waals surface area contributed by atoms with Gasteiger partial charge < -0.3 is 14.4 Å². The molecule has 7 heteroatoms. The molecule has 0 N–H and O–H groups in total. The number of ether oxygens (including phenoxy) is 2. The molecule has 1 fully saturated rings. The number of amides is 1. The molecule has 2 rings (SSSR count). The first-order chi connectivity index (χ1) is 12.4. The van der Waals surface area contributed by atoms with Crippen molar-refractivity contribution in [2.45, 2.75) is 46.1 Å². The van der Waals surface area contributed by atoms with Gasteiger partial charge in [0, 0.05) is 18.2 Å². The summed E-state index contributed by atoms with van der Waals surface area (Å²) in [6, 6.07) is 4.92. The van der Waals surface area contributed by atoms with Gasteiger partial charge in [0.15, 0.2) is 21.3 Å². The summed E-state index contributed by atoms with van der Waals surface area (Å²) in [5, 5.41) is 0. The average molecular weight is 384 g/mol. The molecule has 0 aliphatic carbocycles. The number of benzene rings is 1. The third-order valence-corrected chi connectivity index (χ3v) is 6.08. The fraction of sp³-hybridized carbons (Fsp3) is 0.632. The minimum Gasteiger partial charge on any atom is -0.490 e. The molecule has 26 heavy (non-hydrogen) atoms. The van der Waals surface area contributed by atoms with E-state index in [4.69, 9.17) is 9.47 Å². The van der Waals surface area contributed by atoms with Gasteiger partial charge in [0.25, 0.3) is 5.91 Å². The van der Waals surface area contributed by atoms with Crippen molar-refractivity contribution in [3.8, 4) is 11.5 Å². The molecule has 0 radical (unpaired) electrons. The molecular weight excluding hydrogens is 354 g/mol. The maximum Gasteiger partial charge on any atom is 0.254 e. The number of nitrogens with zero attached hydrogens (tertiary/aromatic N) is 1. The summed E-state index contributed by atoms with van der Waals surface area (Å²) < 4.78 is 34.9. The average Bonchev–Trinajstić information content (AvgIpc) is 2.97. The van der Waals surface area contributed by atoms with Gasteiger partial charge in [-0.2, -0.15) is 0 Å². The Morgan fingerprint density at radius 3 is 2.50 bits per heavy atom. The Labute approximate surface area is 156 Å². The molecule has 1 aromatic rings. The van der Waals surface area contributed by atoms with Gasteiger partial charge in [0.05, 0.1) is 24.7 Å². The second kappa shape index (κ2) is 9.26. The Balaban J connectivity index is 2.25. The van der Waals surface area contributed by atoms with E-state index in [2.05, 4.69) is 0 Å². The summed E-state index contributed by atoms with van der Waals surface area (Å²) in [4.78, 5) is 14.7. The zero-order chi connectivity index (χ0) is 19.2. The summed E-state index contributed by atoms with van der Waals surface area (Å²) in [6.45, 7) is 7.48. The molecule has 1 aromatic carbocycles. The lowest BCUT2D eigenvalue weighted by Crippen LogP contribution is -2.41. The number of carbonyl (C=O) groups is 1. The highest BCUT2D eigenvalue weighted by Gasteiger charge is 2.34. The predicted molar refractivity (Wildman–Crippen MR) is 102 cm³/mol. The minimum absolute atomic E-state index is 0.0503. The van der Waals surface area contributed by atoms with Gasteiger partial charge in [-0.1, -0.05) is 13.8 Å². The summed E-state index contributed by atoms with van der Waals surface area (Å²) in [5.41, 5.74) is 0.495. The van der Waals surface area contributed by atoms with Crippen LogP contribution < -0.4 is 9.47 Å². The van der Waals surface area contributed by atoms with Gasteiger partial charge >= 0.3 is 0 Å². The Hall–Kier alpha value is -1.76. The summed E-state index contributed by atoms with van der Waals surface area (Å²) in [5.74, 6) is 1.21. The first-order valence-electron chi connectivity index (χ1n) is 9.32. The highest BCUT2D eigenvalue weighted by atomic mass is 32.2. The fourth-order valence-electron chi connectivity index (χ4n) is 3.12. The third kappa shape index (κ3) is 5.13. The smallest absolute Gasteiger partial charge is 0.254 e. The van der Waals surface area contributed by atoms with Gasteiger partial charge in [-0.25, -0.2) is 8.42 Å². The van der Waals surface area contributed by atoms with E-state index in [1.165, 1.54) is 0 Å². The minimum atomic E-state index is -3.05. The summed E-state index contributed by atoms with van der Waals surface area (Å²) in [7, 11) is -3.05. The maximum atomic E-state index is 13.0. The van der Waals surface area contributed by atoms with Gasteiger partial charge in [-0.3, -0.25) is 4.79 Å². The van der Waals surface area contributed by atoms with Gasteiger partial charge in [-0.05, 0) is 44.4 Å². The largest absolute Gasteiger partial charge is 0.490 e. The zero-order valence-corrected chi connectivity index (χ0v) is 16.7. The van der Waals surface area contributed by atoms with E-state index in [0.717, 1.165) is 12.8 Å². The van der Waals surface area contributed by atoms with E-state index in [9.17, 15) is 13.2 Å². The van der Waals surface area contributed by atoms with Crippen LogP contribution in [0.1, 0.15) is 50.4 Å². The Kier molecular flexibility index (Phi) is 7.32. The first kappa shape index (κ1) is 20.6. The number of sulfone groups is 1. The van der Waals surface area contributed by atoms with Crippen LogP contribution in [0.25, 0.3) is 0 Å². The lowest BCUT2D eigenvalue weighted by atomic mass is 10.1. The highest BCUT2D eigenvalue weighted by molar-refractivity contribution is 7.91. The summed E-state index contributed by atoms with van der Waals surface area (Å²) >= 11 is 0. The second-order valence-corrected chi connectivity index (χ2v) is 8.73. The molecule has 1 saturated heterocycles. The van der Waals surface area contributed by atoms with Crippen LogP contribution in [0, 0.1) is 0 Å². The highest BCUT2D eigenvalue weighted by Crippen LogP contribution is 2.30. The van der Waals surface area contributed by atoms with Crippen molar-refractivity contribution in [3.63, 3.8) is 0 Å². The van der Waals surface area contributed by atoms with Gasteiger partial charge in [0.2, 0.25) is 0 Å². The molecular formula is C19H29NO5S. The Bertz CT molecular complexity index is 717. The number of hydrogen-bond acceptors (Lipinski definition) is 5. The SMILES string of the molecule is CCCOc1ccc(C(=O)N(CCC)C2CCS(=O)(=O)C2)cc1OCC. The molecule has 1 atom stereocenters. The van der Waals surface area contributed by atoms with E-state index in [0.29, 0.717) is 43.2 Å². The molecule has 0 saturated carbocycles. The number of rotatable bonds is 9. The molecule has 146 valence electrons. The molecule has 6 nitrogen and oxygen atoms in total. The van der Waals surface area contributed by atoms with E-state index in [-0.39, 0.29) is 23.5 Å². The zero-order valence-electron chi connectivity index (χ0n) is 15.9. The van der Waals surface area contributed by atoms with Crippen LogP contribution in [0.2, 0.25) is 0 Å². The predicted octanol–water partition coefficient (Wildman–Crippen LogP) is 2.91. The van der Waals surface area contributed by atoms with Crippen molar-refractivity contribution >= 4 is 15.7 Å². The Morgan fingerprint density at radius 2 is 1.92 bits per heavy atom. The van der Waals surface area contributed by atoms with Crippen LogP contribution in [-0.4, -0.2) is 56.5 Å². The van der Waals surface area contributed by atoms with E-state index >= 15 is 0 Å². The van der Waals surface area contributed by atoms with E-state index in [1.807, 2.05) is 20.8 Å². The third-order valence-electron chi connectivity index (χ3n) is 4.33. The van der Waals surface area contributed by atoms with Crippen molar-refractivity contribution in [1.29, 1.82) is 0 Å². The van der Waals surface area contributed by atoms with Crippen molar-refractivity contribution in [3.05, 3.63) is 23.8 Å². The molecule has 1 amide bonds. The first-order valence-corrected chi connectivity index (χ1v) is 11.1. The molecule has 1 aliphatic heterocycles. The van der Waals surface area contributed by atoms with Crippen LogP contribution >= 0.6 is 0 Å². The molecule has 0 spiro atoms. The maximum absolute atomic E-state index is 13.0. The molecule has 1 unspecified atom stereocenters. The summed E-state index contributed by atoms with van der Waals surface area (Å²) in [6.07, 6.45) is 2.16. The van der Waals surface area contributed by atoms with E-state index < -0.39 is 9.84 Å². The molecule has 0 bridgehead atoms. The van der Waals surface area contributed by atoms with Crippen molar-refractivity contribution in [2.24, 2.45) is 0 Å². The fourth-order valence-corrected chi connectivity index (χ4v) is 4.85. The van der Waals surface area contributed by atoms with Crippen LogP contribution in [0.5, 0.6) is 11.5 Å². The van der Waals surface area contributed by atoms with Crippen molar-refractivity contribution in [1.82, 2.24) is 4.90 Å². The quantitative estimate of drug-likeness (QED) is 0.656. The molecule has 1 aliphatic rings. The van der Waals surface area contributed by atoms with Crippen LogP contribution in [0.3, 0.4) is 0 Å². The second-order valence-electron chi connectivity index (χ2n) is 6.50.